The van der Waals surface area contributed by atoms with Crippen molar-refractivity contribution in [2.24, 2.45) is 0 Å². The van der Waals surface area contributed by atoms with Gasteiger partial charge in [-0.25, -0.2) is 4.79 Å². The van der Waals surface area contributed by atoms with E-state index in [0.717, 1.165) is 4.90 Å². The Kier molecular flexibility index (Phi) is 3.94. The Labute approximate surface area is 83.6 Å². The molecule has 1 heterocycles. The molecule has 0 aromatic heterocycles. The highest BCUT2D eigenvalue weighted by Crippen LogP contribution is 2.16. The van der Waals surface area contributed by atoms with Gasteiger partial charge in [0.1, 0.15) is 6.04 Å². The average molecular weight is 205 g/mol. The zero-order valence-electron chi connectivity index (χ0n) is 7.69. The maximum absolute atomic E-state index is 11.3. The van der Waals surface area contributed by atoms with Gasteiger partial charge in [0, 0.05) is 14.1 Å². The summed E-state index contributed by atoms with van der Waals surface area (Å²) < 4.78 is 0. The fraction of sp³-hybridized carbons (Fsp3) is 0.500. The van der Waals surface area contributed by atoms with Gasteiger partial charge in [-0.1, -0.05) is 6.08 Å². The first kappa shape index (κ1) is 12.0. The minimum Gasteiger partial charge on any atom is -0.315 e. The number of rotatable bonds is 2. The molecule has 1 saturated heterocycles. The van der Waals surface area contributed by atoms with Crippen molar-refractivity contribution >= 4 is 24.3 Å². The molecule has 3 amide bonds. The molecule has 0 aromatic rings. The van der Waals surface area contributed by atoms with Crippen molar-refractivity contribution < 1.29 is 9.59 Å². The summed E-state index contributed by atoms with van der Waals surface area (Å²) in [6.07, 6.45) is 2.16. The van der Waals surface area contributed by atoms with Crippen molar-refractivity contribution in [3.8, 4) is 0 Å². The number of carbonyl (C=O) groups excluding carboxylic acids is 2. The molecule has 1 aliphatic heterocycles. The second kappa shape index (κ2) is 4.28. The molecule has 1 unspecified atom stereocenters. The SMILES string of the molecule is C=CCC1C(=O)N(C)C(=O)N1C.Cl. The summed E-state index contributed by atoms with van der Waals surface area (Å²) in [4.78, 5) is 25.1. The van der Waals surface area contributed by atoms with Crippen LogP contribution in [0.15, 0.2) is 12.7 Å². The lowest BCUT2D eigenvalue weighted by Gasteiger charge is -2.13. The monoisotopic (exact) mass is 204 g/mol. The molecule has 0 aliphatic carbocycles. The molecule has 1 fully saturated rings. The maximum Gasteiger partial charge on any atom is 0.326 e. The van der Waals surface area contributed by atoms with E-state index in [-0.39, 0.29) is 30.4 Å². The second-order valence-electron chi connectivity index (χ2n) is 2.83. The highest BCUT2D eigenvalue weighted by molar-refractivity contribution is 6.03. The Hall–Kier alpha value is -1.03. The third-order valence-electron chi connectivity index (χ3n) is 2.06. The molecule has 1 atom stereocenters. The number of carbonyl (C=O) groups is 2. The highest BCUT2D eigenvalue weighted by Gasteiger charge is 2.39. The highest BCUT2D eigenvalue weighted by atomic mass is 35.5. The summed E-state index contributed by atoms with van der Waals surface area (Å²) in [5.74, 6) is -0.151. The molecule has 0 saturated carbocycles. The smallest absolute Gasteiger partial charge is 0.315 e. The van der Waals surface area contributed by atoms with Crippen LogP contribution in [0.25, 0.3) is 0 Å². The third kappa shape index (κ3) is 1.83. The molecule has 5 heteroatoms. The van der Waals surface area contributed by atoms with E-state index in [1.54, 1.807) is 13.1 Å². The molecular weight excluding hydrogens is 192 g/mol. The Morgan fingerprint density at radius 2 is 2.00 bits per heavy atom. The molecule has 0 spiro atoms. The van der Waals surface area contributed by atoms with Crippen molar-refractivity contribution in [3.63, 3.8) is 0 Å². The number of likely N-dealkylation sites (N-methyl/N-ethyl adjacent to an activating group) is 2. The van der Waals surface area contributed by atoms with Crippen molar-refractivity contribution in [1.29, 1.82) is 0 Å². The number of amides is 3. The summed E-state index contributed by atoms with van der Waals surface area (Å²) in [6, 6.07) is -0.591. The van der Waals surface area contributed by atoms with E-state index in [2.05, 4.69) is 6.58 Å². The van der Waals surface area contributed by atoms with Gasteiger partial charge in [-0.3, -0.25) is 9.69 Å². The van der Waals surface area contributed by atoms with E-state index in [9.17, 15) is 9.59 Å². The Balaban J connectivity index is 0.00000144. The molecule has 4 nitrogen and oxygen atoms in total. The molecule has 0 N–H and O–H groups in total. The molecule has 0 bridgehead atoms. The number of urea groups is 1. The van der Waals surface area contributed by atoms with E-state index in [1.807, 2.05) is 0 Å². The predicted octanol–water partition coefficient (Wildman–Crippen LogP) is 0.877. The predicted molar refractivity (Wildman–Crippen MR) is 51.8 cm³/mol. The minimum atomic E-state index is -0.347. The minimum absolute atomic E-state index is 0. The van der Waals surface area contributed by atoms with Crippen molar-refractivity contribution in [1.82, 2.24) is 9.80 Å². The van der Waals surface area contributed by atoms with Gasteiger partial charge in [-0.05, 0) is 6.42 Å². The molecule has 0 radical (unpaired) electrons. The van der Waals surface area contributed by atoms with Gasteiger partial charge in [0.05, 0.1) is 0 Å². The Bertz CT molecular complexity index is 242. The molecule has 0 aromatic carbocycles. The largest absolute Gasteiger partial charge is 0.326 e. The van der Waals surface area contributed by atoms with E-state index < -0.39 is 0 Å². The summed E-state index contributed by atoms with van der Waals surface area (Å²) in [5.41, 5.74) is 0. The Morgan fingerprint density at radius 1 is 1.46 bits per heavy atom. The first-order valence-corrected chi connectivity index (χ1v) is 3.75. The fourth-order valence-electron chi connectivity index (χ4n) is 1.27. The van der Waals surface area contributed by atoms with Gasteiger partial charge in [0.2, 0.25) is 0 Å². The maximum atomic E-state index is 11.3. The topological polar surface area (TPSA) is 40.6 Å². The summed E-state index contributed by atoms with van der Waals surface area (Å²) >= 11 is 0. The van der Waals surface area contributed by atoms with Gasteiger partial charge >= 0.3 is 6.03 Å². The van der Waals surface area contributed by atoms with Crippen LogP contribution >= 0.6 is 12.4 Å². The number of halogens is 1. The van der Waals surface area contributed by atoms with Gasteiger partial charge in [-0.2, -0.15) is 0 Å². The van der Waals surface area contributed by atoms with E-state index in [1.165, 1.54) is 11.9 Å². The van der Waals surface area contributed by atoms with Gasteiger partial charge in [0.15, 0.2) is 0 Å². The fourth-order valence-corrected chi connectivity index (χ4v) is 1.27. The first-order valence-electron chi connectivity index (χ1n) is 3.75. The lowest BCUT2D eigenvalue weighted by Crippen LogP contribution is -2.30. The molecule has 13 heavy (non-hydrogen) atoms. The van der Waals surface area contributed by atoms with Crippen molar-refractivity contribution in [3.05, 3.63) is 12.7 Å². The van der Waals surface area contributed by atoms with Crippen LogP contribution in [0.5, 0.6) is 0 Å². The lowest BCUT2D eigenvalue weighted by atomic mass is 10.2. The molecule has 1 rings (SSSR count). The third-order valence-corrected chi connectivity index (χ3v) is 2.06. The summed E-state index contributed by atoms with van der Waals surface area (Å²) in [6.45, 7) is 3.53. The zero-order chi connectivity index (χ0) is 9.30. The first-order chi connectivity index (χ1) is 5.59. The molecular formula is C8H13ClN2O2. The quantitative estimate of drug-likeness (QED) is 0.495. The van der Waals surface area contributed by atoms with Gasteiger partial charge in [-0.15, -0.1) is 19.0 Å². The van der Waals surface area contributed by atoms with Crippen LogP contribution in [0, 0.1) is 0 Å². The van der Waals surface area contributed by atoms with Crippen LogP contribution in [0.1, 0.15) is 6.42 Å². The summed E-state index contributed by atoms with van der Waals surface area (Å²) in [7, 11) is 3.11. The zero-order valence-corrected chi connectivity index (χ0v) is 8.50. The number of hydrogen-bond donors (Lipinski definition) is 0. The number of nitrogens with zero attached hydrogens (tertiary/aromatic N) is 2. The lowest BCUT2D eigenvalue weighted by molar-refractivity contribution is -0.127. The second-order valence-corrected chi connectivity index (χ2v) is 2.83. The van der Waals surface area contributed by atoms with Crippen molar-refractivity contribution in [2.45, 2.75) is 12.5 Å². The molecule has 1 aliphatic rings. The van der Waals surface area contributed by atoms with Crippen LogP contribution in [0.3, 0.4) is 0 Å². The van der Waals surface area contributed by atoms with Crippen molar-refractivity contribution in [2.75, 3.05) is 14.1 Å². The average Bonchev–Trinajstić information content (AvgIpc) is 2.23. The van der Waals surface area contributed by atoms with Crippen LogP contribution in [0.4, 0.5) is 4.79 Å². The molecule has 74 valence electrons. The van der Waals surface area contributed by atoms with Crippen LogP contribution in [0.2, 0.25) is 0 Å². The number of imide groups is 1. The van der Waals surface area contributed by atoms with Crippen LogP contribution in [-0.4, -0.2) is 41.9 Å². The van der Waals surface area contributed by atoms with E-state index in [4.69, 9.17) is 0 Å². The van der Waals surface area contributed by atoms with E-state index in [0.29, 0.717) is 6.42 Å². The van der Waals surface area contributed by atoms with E-state index >= 15 is 0 Å². The Morgan fingerprint density at radius 3 is 2.31 bits per heavy atom. The van der Waals surface area contributed by atoms with Gasteiger partial charge < -0.3 is 4.90 Å². The standard InChI is InChI=1S/C8H12N2O2.ClH/c1-4-5-6-7(11)10(3)8(12)9(6)2;/h4,6H,1,5H2,2-3H3;1H. The summed E-state index contributed by atoms with van der Waals surface area (Å²) in [5, 5.41) is 0. The number of hydrogen-bond acceptors (Lipinski definition) is 2. The van der Waals surface area contributed by atoms with Gasteiger partial charge in [0.25, 0.3) is 5.91 Å². The van der Waals surface area contributed by atoms with Crippen LogP contribution in [-0.2, 0) is 4.79 Å². The van der Waals surface area contributed by atoms with Crippen LogP contribution < -0.4 is 0 Å². The normalized spacial score (nSPS) is 21.8.